The van der Waals surface area contributed by atoms with E-state index in [0.29, 0.717) is 11.2 Å². The van der Waals surface area contributed by atoms with Crippen LogP contribution in [0.15, 0.2) is 36.9 Å². The summed E-state index contributed by atoms with van der Waals surface area (Å²) in [6.45, 7) is -0.475. The molecule has 0 aliphatic carbocycles. The van der Waals surface area contributed by atoms with Crippen LogP contribution in [0.2, 0.25) is 0 Å². The molecule has 2 aromatic heterocycles. The monoisotopic (exact) mass is 427 g/mol. The van der Waals surface area contributed by atoms with Crippen molar-refractivity contribution in [3.63, 3.8) is 0 Å². The van der Waals surface area contributed by atoms with Gasteiger partial charge in [-0.25, -0.2) is 15.0 Å². The van der Waals surface area contributed by atoms with Gasteiger partial charge in [0.2, 0.25) is 0 Å². The van der Waals surface area contributed by atoms with Gasteiger partial charge in [-0.3, -0.25) is 4.57 Å². The fourth-order valence-corrected chi connectivity index (χ4v) is 3.12. The van der Waals surface area contributed by atoms with Crippen molar-refractivity contribution in [2.75, 3.05) is 11.9 Å². The third-order valence-electron chi connectivity index (χ3n) is 4.50. The number of hydrogen-bond acceptors (Lipinski definition) is 9. The predicted molar refractivity (Wildman–Crippen MR) is 94.7 cm³/mol. The van der Waals surface area contributed by atoms with Crippen molar-refractivity contribution in [2.24, 2.45) is 0 Å². The summed E-state index contributed by atoms with van der Waals surface area (Å²) in [6, 6.07) is 5.04. The third kappa shape index (κ3) is 3.87. The summed E-state index contributed by atoms with van der Waals surface area (Å²) in [7, 11) is 0. The lowest BCUT2D eigenvalue weighted by Crippen LogP contribution is -2.33. The van der Waals surface area contributed by atoms with Gasteiger partial charge in [-0.1, -0.05) is 0 Å². The van der Waals surface area contributed by atoms with Gasteiger partial charge < -0.3 is 30.1 Å². The number of alkyl halides is 3. The fourth-order valence-electron chi connectivity index (χ4n) is 3.12. The highest BCUT2D eigenvalue weighted by molar-refractivity contribution is 5.85. The Kier molecular flexibility index (Phi) is 5.19. The average molecular weight is 427 g/mol. The zero-order valence-electron chi connectivity index (χ0n) is 15.1. The van der Waals surface area contributed by atoms with Gasteiger partial charge in [-0.2, -0.15) is 0 Å². The zero-order chi connectivity index (χ0) is 21.5. The van der Waals surface area contributed by atoms with E-state index >= 15 is 0 Å². The highest BCUT2D eigenvalue weighted by atomic mass is 19.4. The molecular formula is C17H16F3N5O5. The van der Waals surface area contributed by atoms with E-state index in [-0.39, 0.29) is 17.2 Å². The highest BCUT2D eigenvalue weighted by Crippen LogP contribution is 2.33. The molecule has 0 unspecified atom stereocenters. The Bertz CT molecular complexity index is 1030. The van der Waals surface area contributed by atoms with E-state index in [1.54, 1.807) is 0 Å². The molecule has 30 heavy (non-hydrogen) atoms. The van der Waals surface area contributed by atoms with Gasteiger partial charge >= 0.3 is 6.36 Å². The van der Waals surface area contributed by atoms with Crippen molar-refractivity contribution in [1.82, 2.24) is 19.5 Å². The Balaban J connectivity index is 1.58. The number of rotatable bonds is 5. The number of imidazole rings is 1. The lowest BCUT2D eigenvalue weighted by atomic mass is 10.1. The smallest absolute Gasteiger partial charge is 0.406 e. The van der Waals surface area contributed by atoms with E-state index in [9.17, 15) is 28.5 Å². The minimum Gasteiger partial charge on any atom is -0.406 e. The second kappa shape index (κ2) is 7.68. The number of aliphatic hydroxyl groups excluding tert-OH is 3. The minimum absolute atomic E-state index is 0.259. The Morgan fingerprint density at radius 2 is 1.83 bits per heavy atom. The van der Waals surface area contributed by atoms with Crippen molar-refractivity contribution in [3.05, 3.63) is 36.9 Å². The summed E-state index contributed by atoms with van der Waals surface area (Å²) >= 11 is 0. The van der Waals surface area contributed by atoms with E-state index in [1.807, 2.05) is 0 Å². The number of halogens is 3. The molecule has 3 aromatic rings. The Morgan fingerprint density at radius 1 is 1.10 bits per heavy atom. The number of hydrogen-bond donors (Lipinski definition) is 4. The van der Waals surface area contributed by atoms with E-state index in [0.717, 1.165) is 12.1 Å². The number of benzene rings is 1. The molecule has 10 nitrogen and oxygen atoms in total. The first-order valence-electron chi connectivity index (χ1n) is 8.69. The fraction of sp³-hybridized carbons (Fsp3) is 0.353. The second-order valence-corrected chi connectivity index (χ2v) is 6.47. The minimum atomic E-state index is -4.78. The van der Waals surface area contributed by atoms with Gasteiger partial charge in [-0.05, 0) is 24.3 Å². The molecule has 3 heterocycles. The topological polar surface area (TPSA) is 135 Å². The van der Waals surface area contributed by atoms with E-state index in [4.69, 9.17) is 4.74 Å². The number of fused-ring (bicyclic) bond motifs is 1. The number of ether oxygens (including phenoxy) is 2. The number of aliphatic hydroxyl groups is 3. The summed E-state index contributed by atoms with van der Waals surface area (Å²) in [5.74, 6) is -0.107. The van der Waals surface area contributed by atoms with Crippen LogP contribution in [0.1, 0.15) is 6.23 Å². The highest BCUT2D eigenvalue weighted by Gasteiger charge is 2.44. The van der Waals surface area contributed by atoms with E-state index < -0.39 is 37.5 Å². The maximum Gasteiger partial charge on any atom is 0.573 e. The molecule has 0 bridgehead atoms. The summed E-state index contributed by atoms with van der Waals surface area (Å²) < 4.78 is 47.5. The molecule has 4 rings (SSSR count). The van der Waals surface area contributed by atoms with Gasteiger partial charge in [0.15, 0.2) is 23.2 Å². The Morgan fingerprint density at radius 3 is 2.47 bits per heavy atom. The molecule has 1 aromatic carbocycles. The maximum absolute atomic E-state index is 12.3. The molecule has 4 atom stereocenters. The molecule has 160 valence electrons. The molecule has 0 spiro atoms. The van der Waals surface area contributed by atoms with Gasteiger partial charge in [-0.15, -0.1) is 13.2 Å². The lowest BCUT2D eigenvalue weighted by Gasteiger charge is -2.16. The van der Waals surface area contributed by atoms with Crippen LogP contribution in [0.5, 0.6) is 5.75 Å². The van der Waals surface area contributed by atoms with E-state index in [1.165, 1.54) is 29.4 Å². The quantitative estimate of drug-likeness (QED) is 0.472. The summed E-state index contributed by atoms with van der Waals surface area (Å²) in [5.41, 5.74) is 0.997. The molecule has 0 radical (unpaired) electrons. The molecule has 1 fully saturated rings. The molecule has 1 saturated heterocycles. The maximum atomic E-state index is 12.3. The van der Waals surface area contributed by atoms with Gasteiger partial charge in [0.25, 0.3) is 0 Å². The molecule has 0 saturated carbocycles. The van der Waals surface area contributed by atoms with E-state index in [2.05, 4.69) is 25.0 Å². The SMILES string of the molecule is OC[C@H]1O[C@@H](n2cnc3c(Nc4ccc(OC(F)(F)F)cc4)ncnc32)[C@H](O)[C@@H]1O. The number of aromatic nitrogens is 4. The average Bonchev–Trinajstić information content (AvgIpc) is 3.24. The van der Waals surface area contributed by atoms with Crippen LogP contribution in [-0.2, 0) is 4.74 Å². The second-order valence-electron chi connectivity index (χ2n) is 6.47. The standard InChI is InChI=1S/C17H16F3N5O5/c18-17(19,20)30-9-3-1-8(2-4-9)24-14-11-15(22-6-21-14)25(7-23-11)16-13(28)12(27)10(5-26)29-16/h1-4,6-7,10,12-13,16,26-28H,5H2,(H,21,22,24)/t10-,12-,13-,16-/m1/s1. The van der Waals surface area contributed by atoms with Gasteiger partial charge in [0, 0.05) is 5.69 Å². The first kappa shape index (κ1) is 20.3. The Labute approximate surface area is 166 Å². The zero-order valence-corrected chi connectivity index (χ0v) is 15.1. The number of nitrogens with zero attached hydrogens (tertiary/aromatic N) is 4. The third-order valence-corrected chi connectivity index (χ3v) is 4.50. The molecular weight excluding hydrogens is 411 g/mol. The van der Waals surface area contributed by atoms with Crippen LogP contribution in [0.25, 0.3) is 11.2 Å². The summed E-state index contributed by atoms with van der Waals surface area (Å²) in [5, 5.41) is 32.3. The van der Waals surface area contributed by atoms with Crippen molar-refractivity contribution in [3.8, 4) is 5.75 Å². The van der Waals surface area contributed by atoms with Crippen LogP contribution >= 0.6 is 0 Å². The molecule has 1 aliphatic heterocycles. The molecule has 1 aliphatic rings. The van der Waals surface area contributed by atoms with Crippen molar-refractivity contribution in [2.45, 2.75) is 30.9 Å². The number of anilines is 2. The van der Waals surface area contributed by atoms with Crippen LogP contribution in [-0.4, -0.2) is 66.1 Å². The van der Waals surface area contributed by atoms with Crippen LogP contribution in [0, 0.1) is 0 Å². The Hall–Kier alpha value is -3.00. The summed E-state index contributed by atoms with van der Waals surface area (Å²) in [4.78, 5) is 12.4. The molecule has 13 heteroatoms. The first-order valence-corrected chi connectivity index (χ1v) is 8.69. The normalized spacial score (nSPS) is 24.3. The molecule has 0 amide bonds. The van der Waals surface area contributed by atoms with Crippen LogP contribution in [0.3, 0.4) is 0 Å². The van der Waals surface area contributed by atoms with Gasteiger partial charge in [0.1, 0.15) is 30.4 Å². The number of nitrogens with one attached hydrogen (secondary N) is 1. The van der Waals surface area contributed by atoms with Crippen molar-refractivity contribution in [1.29, 1.82) is 0 Å². The van der Waals surface area contributed by atoms with Gasteiger partial charge in [0.05, 0.1) is 12.9 Å². The lowest BCUT2D eigenvalue weighted by molar-refractivity contribution is -0.274. The van der Waals surface area contributed by atoms with Crippen LogP contribution < -0.4 is 10.1 Å². The predicted octanol–water partition coefficient (Wildman–Crippen LogP) is 1.08. The molecule has 4 N–H and O–H groups in total. The largest absolute Gasteiger partial charge is 0.573 e. The van der Waals surface area contributed by atoms with Crippen molar-refractivity contribution >= 4 is 22.7 Å². The first-order chi connectivity index (χ1) is 14.3. The summed E-state index contributed by atoms with van der Waals surface area (Å²) in [6.07, 6.45) is -6.79. The van der Waals surface area contributed by atoms with Crippen molar-refractivity contribution < 1.29 is 38.0 Å². The van der Waals surface area contributed by atoms with Crippen LogP contribution in [0.4, 0.5) is 24.7 Å².